The Morgan fingerprint density at radius 3 is 1.56 bits per heavy atom. The lowest BCUT2D eigenvalue weighted by Gasteiger charge is -2.43. The van der Waals surface area contributed by atoms with Crippen LogP contribution in [0.15, 0.2) is 0 Å². The van der Waals surface area contributed by atoms with Crippen molar-refractivity contribution >= 4 is 19.4 Å². The van der Waals surface area contributed by atoms with E-state index in [9.17, 15) is 24.2 Å². The number of hydrogen-bond donors (Lipinski definition) is 2. The third-order valence-electron chi connectivity index (χ3n) is 9.36. The molecule has 48 heavy (non-hydrogen) atoms. The number of Topliss-reactive ketones (excluding diaryl/α,β-unsaturated/α-hetero) is 2. The van der Waals surface area contributed by atoms with E-state index in [4.69, 9.17) is 14.2 Å². The first-order valence-corrected chi connectivity index (χ1v) is 21.1. The van der Waals surface area contributed by atoms with E-state index in [0.717, 1.165) is 44.9 Å². The van der Waals surface area contributed by atoms with Gasteiger partial charge in [0.25, 0.3) is 7.82 Å². The van der Waals surface area contributed by atoms with Crippen LogP contribution in [0, 0.1) is 5.41 Å². The third-order valence-corrected chi connectivity index (χ3v) is 10.3. The fourth-order valence-electron chi connectivity index (χ4n) is 6.58. The monoisotopic (exact) mass is 706 g/mol. The number of aliphatic hydroxyl groups excluding tert-OH is 2. The van der Waals surface area contributed by atoms with Crippen molar-refractivity contribution in [3.05, 3.63) is 0 Å². The number of phosphoric acid groups is 1. The summed E-state index contributed by atoms with van der Waals surface area (Å²) < 4.78 is 24.0. The van der Waals surface area contributed by atoms with E-state index in [0.29, 0.717) is 36.6 Å². The highest BCUT2D eigenvalue weighted by atomic mass is 31.2. The minimum Gasteiger partial charge on any atom is -0.756 e. The summed E-state index contributed by atoms with van der Waals surface area (Å²) >= 11 is 0. The Morgan fingerprint density at radius 2 is 1.15 bits per heavy atom. The van der Waals surface area contributed by atoms with Gasteiger partial charge in [0.1, 0.15) is 18.8 Å². The molecule has 0 spiro atoms. The number of phosphoric ester groups is 1. The second kappa shape index (κ2) is 28.0. The summed E-state index contributed by atoms with van der Waals surface area (Å²) in [4.78, 5) is 40.8. The van der Waals surface area contributed by atoms with Crippen LogP contribution in [0.1, 0.15) is 175 Å². The number of likely N-dealkylation sites (N-methyl/N-ethyl adjacent to an activating group) is 1. The highest BCUT2D eigenvalue weighted by Crippen LogP contribution is 2.48. The summed E-state index contributed by atoms with van der Waals surface area (Å²) in [6, 6.07) is 0. The summed E-state index contributed by atoms with van der Waals surface area (Å²) in [6.07, 6.45) is 21.9. The molecule has 0 radical (unpaired) electrons. The minimum atomic E-state index is -4.99. The maximum absolute atomic E-state index is 14.2. The maximum Gasteiger partial charge on any atom is 0.268 e. The average Bonchev–Trinajstić information content (AvgIpc) is 3.03. The highest BCUT2D eigenvalue weighted by Gasteiger charge is 2.50. The molecule has 0 aliphatic carbocycles. The topological polar surface area (TPSA) is 133 Å². The minimum absolute atomic E-state index is 0.156. The SMILES string of the molecule is CCCCCCCCCCCCCCCCCC(=O)C(=O)C(CCC)(CCCCCCC)C(C[N+](C)(C)C)OP(=O)([O-])OC[C@H](O)CO. The van der Waals surface area contributed by atoms with Crippen LogP contribution < -0.4 is 4.89 Å². The zero-order valence-corrected chi connectivity index (χ0v) is 32.9. The number of carbonyl (C=O) groups excluding carboxylic acids is 2. The van der Waals surface area contributed by atoms with E-state index in [1.165, 1.54) is 70.6 Å². The summed E-state index contributed by atoms with van der Waals surface area (Å²) in [5.74, 6) is -0.974. The van der Waals surface area contributed by atoms with Crippen molar-refractivity contribution < 1.29 is 42.8 Å². The van der Waals surface area contributed by atoms with E-state index in [-0.39, 0.29) is 13.0 Å². The van der Waals surface area contributed by atoms with Gasteiger partial charge in [-0.15, -0.1) is 0 Å². The molecular weight excluding hydrogens is 629 g/mol. The number of unbranched alkanes of at least 4 members (excludes halogenated alkanes) is 18. The molecule has 286 valence electrons. The molecule has 0 aromatic heterocycles. The van der Waals surface area contributed by atoms with Crippen LogP contribution in [-0.4, -0.2) is 79.4 Å². The van der Waals surface area contributed by atoms with Gasteiger partial charge < -0.3 is 28.6 Å². The standard InChI is InChI=1S/C38H76NO8P/c1-7-10-12-14-15-16-17-18-19-20-21-22-23-24-26-28-35(42)37(43)38(29-9-3,30-27-25-13-11-8-2)36(31-39(4,5)6)47-48(44,45)46-33-34(41)32-40/h34,36,40-41H,7-33H2,1-6H3/t34-,36?,38?/m1/s1. The van der Waals surface area contributed by atoms with Gasteiger partial charge in [-0.1, -0.05) is 149 Å². The zero-order valence-electron chi connectivity index (χ0n) is 32.0. The molecule has 0 saturated heterocycles. The summed E-state index contributed by atoms with van der Waals surface area (Å²) in [5.41, 5.74) is -1.31. The van der Waals surface area contributed by atoms with Gasteiger partial charge in [-0.05, 0) is 19.3 Å². The van der Waals surface area contributed by atoms with E-state index in [2.05, 4.69) is 13.8 Å². The largest absolute Gasteiger partial charge is 0.756 e. The number of rotatable bonds is 35. The van der Waals surface area contributed by atoms with Crippen LogP contribution in [0.3, 0.4) is 0 Å². The van der Waals surface area contributed by atoms with Crippen LogP contribution in [-0.2, 0) is 23.2 Å². The van der Waals surface area contributed by atoms with Gasteiger partial charge in [-0.2, -0.15) is 0 Å². The number of ketones is 2. The van der Waals surface area contributed by atoms with Crippen molar-refractivity contribution in [3.8, 4) is 0 Å². The molecule has 3 unspecified atom stereocenters. The predicted octanol–water partition coefficient (Wildman–Crippen LogP) is 8.46. The van der Waals surface area contributed by atoms with E-state index < -0.39 is 50.2 Å². The smallest absolute Gasteiger partial charge is 0.268 e. The summed E-state index contributed by atoms with van der Waals surface area (Å²) in [7, 11) is 0.684. The van der Waals surface area contributed by atoms with Crippen molar-refractivity contribution in [2.75, 3.05) is 40.9 Å². The Balaban J connectivity index is 5.37. The zero-order chi connectivity index (χ0) is 36.3. The van der Waals surface area contributed by atoms with Gasteiger partial charge in [0.2, 0.25) is 5.78 Å². The average molecular weight is 706 g/mol. The lowest BCUT2D eigenvalue weighted by Crippen LogP contribution is -2.54. The van der Waals surface area contributed by atoms with Crippen molar-refractivity contribution in [2.24, 2.45) is 5.41 Å². The molecule has 0 bridgehead atoms. The van der Waals surface area contributed by atoms with Crippen LogP contribution in [0.25, 0.3) is 0 Å². The Labute approximate surface area is 295 Å². The van der Waals surface area contributed by atoms with Crippen molar-refractivity contribution in [3.63, 3.8) is 0 Å². The second-order valence-electron chi connectivity index (χ2n) is 15.2. The molecule has 0 aromatic carbocycles. The Morgan fingerprint density at radius 1 is 0.708 bits per heavy atom. The molecule has 0 saturated carbocycles. The Hall–Kier alpha value is -0.670. The second-order valence-corrected chi connectivity index (χ2v) is 16.5. The van der Waals surface area contributed by atoms with Crippen molar-refractivity contribution in [1.82, 2.24) is 0 Å². The molecule has 9 nitrogen and oxygen atoms in total. The number of carbonyl (C=O) groups is 2. The van der Waals surface area contributed by atoms with Crippen LogP contribution in [0.2, 0.25) is 0 Å². The molecule has 0 aliphatic rings. The molecule has 2 N–H and O–H groups in total. The number of aliphatic hydroxyl groups is 2. The Kier molecular flexibility index (Phi) is 27.6. The molecule has 0 heterocycles. The Bertz CT molecular complexity index is 864. The van der Waals surface area contributed by atoms with Gasteiger partial charge in [0, 0.05) is 6.42 Å². The molecule has 10 heteroatoms. The van der Waals surface area contributed by atoms with E-state index in [1.807, 2.05) is 28.1 Å². The molecule has 4 atom stereocenters. The first kappa shape index (κ1) is 47.3. The number of hydrogen-bond acceptors (Lipinski definition) is 8. The lowest BCUT2D eigenvalue weighted by molar-refractivity contribution is -0.874. The van der Waals surface area contributed by atoms with E-state index in [1.54, 1.807) is 0 Å². The van der Waals surface area contributed by atoms with Gasteiger partial charge in [-0.3, -0.25) is 14.2 Å². The van der Waals surface area contributed by atoms with Gasteiger partial charge in [-0.25, -0.2) is 0 Å². The van der Waals surface area contributed by atoms with E-state index >= 15 is 0 Å². The molecule has 0 aromatic rings. The van der Waals surface area contributed by atoms with Crippen LogP contribution in [0.5, 0.6) is 0 Å². The fourth-order valence-corrected chi connectivity index (χ4v) is 7.58. The van der Waals surface area contributed by atoms with Crippen LogP contribution >= 0.6 is 7.82 Å². The summed E-state index contributed by atoms with van der Waals surface area (Å²) in [6.45, 7) is 5.18. The first-order valence-electron chi connectivity index (χ1n) is 19.6. The fraction of sp³-hybridized carbons (Fsp3) is 0.947. The van der Waals surface area contributed by atoms with Crippen LogP contribution in [0.4, 0.5) is 0 Å². The first-order chi connectivity index (χ1) is 22.8. The third kappa shape index (κ3) is 22.9. The van der Waals surface area contributed by atoms with Gasteiger partial charge in [0.05, 0.1) is 39.8 Å². The normalized spacial score (nSPS) is 15.9. The van der Waals surface area contributed by atoms with Gasteiger partial charge >= 0.3 is 0 Å². The number of quaternary nitrogens is 1. The molecule has 0 aliphatic heterocycles. The molecule has 0 amide bonds. The number of nitrogens with zero attached hydrogens (tertiary/aromatic N) is 1. The summed E-state index contributed by atoms with van der Waals surface area (Å²) in [5, 5.41) is 18.8. The lowest BCUT2D eigenvalue weighted by atomic mass is 9.68. The highest BCUT2D eigenvalue weighted by molar-refractivity contribution is 7.45. The quantitative estimate of drug-likeness (QED) is 0.0290. The molecular formula is C38H76NO8P. The van der Waals surface area contributed by atoms with Crippen molar-refractivity contribution in [1.29, 1.82) is 0 Å². The van der Waals surface area contributed by atoms with Crippen molar-refractivity contribution in [2.45, 2.75) is 187 Å². The van der Waals surface area contributed by atoms with Gasteiger partial charge in [0.15, 0.2) is 5.78 Å². The molecule has 0 rings (SSSR count). The predicted molar refractivity (Wildman–Crippen MR) is 195 cm³/mol. The maximum atomic E-state index is 14.2. The molecule has 0 fully saturated rings.